The van der Waals surface area contributed by atoms with Crippen molar-refractivity contribution in [3.8, 4) is 49.6 Å². The summed E-state index contributed by atoms with van der Waals surface area (Å²) in [6.45, 7) is 26.4. The van der Waals surface area contributed by atoms with Crippen LogP contribution in [-0.2, 0) is 27.1 Å². The third-order valence-electron chi connectivity index (χ3n) is 17.9. The van der Waals surface area contributed by atoms with Crippen molar-refractivity contribution in [1.29, 1.82) is 0 Å². The summed E-state index contributed by atoms with van der Waals surface area (Å²) in [7, 11) is 2.48. The molecule has 3 aliphatic carbocycles. The largest absolute Gasteiger partial charge is 0.355 e. The summed E-state index contributed by atoms with van der Waals surface area (Å²) in [5, 5.41) is 7.68. The summed E-state index contributed by atoms with van der Waals surface area (Å²) in [6.07, 6.45) is 2.38. The molecule has 0 amide bonds. The van der Waals surface area contributed by atoms with E-state index in [4.69, 9.17) is 4.98 Å². The number of hydrogen-bond donors (Lipinski definition) is 1. The maximum absolute atomic E-state index is 5.30. The Labute approximate surface area is 429 Å². The zero-order valence-electron chi connectivity index (χ0n) is 43.6. The van der Waals surface area contributed by atoms with E-state index in [1.165, 1.54) is 128 Å². The highest BCUT2D eigenvalue weighted by Gasteiger charge is 2.44. The predicted molar refractivity (Wildman–Crippen MR) is 309 cm³/mol. The molecule has 0 saturated carbocycles. The molecule has 0 atom stereocenters. The van der Waals surface area contributed by atoms with Gasteiger partial charge in [0.2, 0.25) is 0 Å². The zero-order chi connectivity index (χ0) is 49.6. The minimum Gasteiger partial charge on any atom is -0.355 e. The van der Waals surface area contributed by atoms with Gasteiger partial charge in [0, 0.05) is 55.3 Å². The van der Waals surface area contributed by atoms with Crippen LogP contribution in [0.4, 0.5) is 11.4 Å². The van der Waals surface area contributed by atoms with Crippen molar-refractivity contribution < 1.29 is 0 Å². The molecule has 1 radical (unpaired) electrons. The van der Waals surface area contributed by atoms with Crippen LogP contribution in [-0.4, -0.2) is 16.8 Å². The van der Waals surface area contributed by atoms with Crippen LogP contribution in [0.1, 0.15) is 128 Å². The van der Waals surface area contributed by atoms with Gasteiger partial charge >= 0.3 is 0 Å². The Kier molecular flexibility index (Phi) is 8.88. The second-order valence-corrected chi connectivity index (χ2v) is 26.0. The second kappa shape index (κ2) is 14.5. The minimum atomic E-state index is -0.192. The molecule has 5 heteroatoms. The molecule has 0 bridgehead atoms. The molecule has 0 saturated heterocycles. The topological polar surface area (TPSA) is 29.9 Å². The number of nitrogens with one attached hydrogen (secondary N) is 1. The van der Waals surface area contributed by atoms with Crippen LogP contribution < -0.4 is 16.2 Å². The van der Waals surface area contributed by atoms with E-state index in [1.807, 2.05) is 0 Å². The van der Waals surface area contributed by atoms with E-state index >= 15 is 0 Å². The molecule has 0 spiro atoms. The Balaban J connectivity index is 1.05. The summed E-state index contributed by atoms with van der Waals surface area (Å²) in [5.74, 6) is 0. The summed E-state index contributed by atoms with van der Waals surface area (Å²) in [5.41, 5.74) is 28.3. The highest BCUT2D eigenvalue weighted by atomic mass is 32.1. The number of hydrogen-bond acceptors (Lipinski definition) is 3. The minimum absolute atomic E-state index is 0.0600. The number of benzene rings is 8. The molecule has 10 aromatic rings. The molecule has 1 N–H and O–H groups in total. The summed E-state index contributed by atoms with van der Waals surface area (Å²) in [6, 6.07) is 53.7. The van der Waals surface area contributed by atoms with Crippen molar-refractivity contribution >= 4 is 72.9 Å². The average Bonchev–Trinajstić information content (AvgIpc) is 4.05. The van der Waals surface area contributed by atoms with Gasteiger partial charge in [-0.15, -0.1) is 11.3 Å². The van der Waals surface area contributed by atoms with Gasteiger partial charge in [-0.05, 0) is 156 Å². The van der Waals surface area contributed by atoms with Crippen molar-refractivity contribution in [1.82, 2.24) is 9.55 Å². The SMILES string of the molecule is CC(C)(C)c1ccc(Nc2cc3c(cc2-c2ccc4c5cc6c(cc5n5c4c2[B]c2cc4nc(-c7ccccc7)sc4cc2-5)C(C)(C)c2ccccc2-6)-c2cc4c(cc2C3(C)C)C(C)(C)CCC4(C)C)cc1. The summed E-state index contributed by atoms with van der Waals surface area (Å²) < 4.78 is 3.81. The van der Waals surface area contributed by atoms with E-state index in [-0.39, 0.29) is 27.1 Å². The fraction of sp³-hybridized carbons (Fsp3) is 0.269. The van der Waals surface area contributed by atoms with Crippen molar-refractivity contribution in [2.75, 3.05) is 5.32 Å². The lowest BCUT2D eigenvalue weighted by Crippen LogP contribution is -2.37. The third-order valence-corrected chi connectivity index (χ3v) is 18.9. The van der Waals surface area contributed by atoms with Gasteiger partial charge in [-0.2, -0.15) is 0 Å². The van der Waals surface area contributed by atoms with Gasteiger partial charge in [-0.3, -0.25) is 0 Å². The molecule has 3 heterocycles. The van der Waals surface area contributed by atoms with Crippen molar-refractivity contribution in [3.05, 3.63) is 178 Å². The van der Waals surface area contributed by atoms with Crippen LogP contribution in [0, 0.1) is 0 Å². The van der Waals surface area contributed by atoms with E-state index in [9.17, 15) is 0 Å². The first-order valence-electron chi connectivity index (χ1n) is 26.1. The second-order valence-electron chi connectivity index (χ2n) is 25.0. The lowest BCUT2D eigenvalue weighted by Gasteiger charge is -2.42. The maximum atomic E-state index is 5.30. The third kappa shape index (κ3) is 6.13. The Morgan fingerprint density at radius 1 is 0.556 bits per heavy atom. The fourth-order valence-electron chi connectivity index (χ4n) is 13.5. The molecule has 72 heavy (non-hydrogen) atoms. The van der Waals surface area contributed by atoms with Gasteiger partial charge in [0.05, 0.1) is 15.7 Å². The number of nitrogens with zero attached hydrogens (tertiary/aromatic N) is 2. The van der Waals surface area contributed by atoms with Gasteiger partial charge in [0.15, 0.2) is 7.28 Å². The van der Waals surface area contributed by atoms with Crippen molar-refractivity contribution in [3.63, 3.8) is 0 Å². The summed E-state index contributed by atoms with van der Waals surface area (Å²) in [4.78, 5) is 5.30. The molecule has 8 aromatic carbocycles. The van der Waals surface area contributed by atoms with E-state index in [2.05, 4.69) is 233 Å². The normalized spacial score (nSPS) is 17.0. The van der Waals surface area contributed by atoms with Crippen LogP contribution in [0.5, 0.6) is 0 Å². The summed E-state index contributed by atoms with van der Waals surface area (Å²) >= 11 is 1.79. The Bertz CT molecular complexity index is 4000. The Morgan fingerprint density at radius 3 is 1.96 bits per heavy atom. The highest BCUT2D eigenvalue weighted by molar-refractivity contribution is 7.21. The van der Waals surface area contributed by atoms with Crippen molar-refractivity contribution in [2.24, 2.45) is 0 Å². The standard InChI is InChI=1S/C67H61BN3S/c1-63(2,3)38-21-23-39(24-22-38)69-55-33-50-44(45-31-52-53(32-49(45)67(50,10)11)65(6,7)28-27-64(52,4)5)29-46(55)41-25-26-42-47-30-43-40-19-15-16-20-48(40)66(8,9)51(43)34-57(47)71-58-36-59-56(35-54(58)68-60(41)61(42)71)70-62(72-59)37-17-13-12-14-18-37/h12-26,29-36,69H,27-28H2,1-11H3. The van der Waals surface area contributed by atoms with Gasteiger partial charge in [-0.1, -0.05) is 167 Å². The van der Waals surface area contributed by atoms with E-state index in [0.29, 0.717) is 0 Å². The lowest BCUT2D eigenvalue weighted by molar-refractivity contribution is 0.331. The number of fused-ring (bicyclic) bond motifs is 13. The van der Waals surface area contributed by atoms with Crippen molar-refractivity contribution in [2.45, 2.75) is 116 Å². The Morgan fingerprint density at radius 2 is 1.21 bits per heavy atom. The van der Waals surface area contributed by atoms with Gasteiger partial charge in [0.25, 0.3) is 0 Å². The van der Waals surface area contributed by atoms with E-state index in [1.54, 1.807) is 11.3 Å². The van der Waals surface area contributed by atoms with Crippen LogP contribution >= 0.6 is 11.3 Å². The van der Waals surface area contributed by atoms with Gasteiger partial charge in [0.1, 0.15) is 5.01 Å². The predicted octanol–water partition coefficient (Wildman–Crippen LogP) is 16.7. The van der Waals surface area contributed by atoms with E-state index in [0.717, 1.165) is 27.5 Å². The van der Waals surface area contributed by atoms with Crippen LogP contribution in [0.25, 0.3) is 81.7 Å². The smallest absolute Gasteiger partial charge is 0.198 e. The molecule has 0 fully saturated rings. The van der Waals surface area contributed by atoms with Crippen LogP contribution in [0.2, 0.25) is 0 Å². The first-order valence-corrected chi connectivity index (χ1v) is 27.0. The van der Waals surface area contributed by atoms with Crippen LogP contribution in [0.3, 0.4) is 0 Å². The van der Waals surface area contributed by atoms with Gasteiger partial charge < -0.3 is 9.88 Å². The average molecular weight is 951 g/mol. The molecule has 1 aliphatic heterocycles. The molecule has 353 valence electrons. The number of aromatic nitrogens is 2. The number of rotatable bonds is 4. The molecule has 2 aromatic heterocycles. The number of anilines is 2. The Hall–Kier alpha value is -6.69. The molecule has 4 aliphatic rings. The molecular weight excluding hydrogens is 890 g/mol. The maximum Gasteiger partial charge on any atom is 0.198 e. The molecular formula is C67H61BN3S. The fourth-order valence-corrected chi connectivity index (χ4v) is 14.5. The molecule has 3 nitrogen and oxygen atoms in total. The molecule has 0 unspecified atom stereocenters. The van der Waals surface area contributed by atoms with Crippen LogP contribution in [0.15, 0.2) is 140 Å². The first-order chi connectivity index (χ1) is 34.3. The number of thiazole rings is 1. The van der Waals surface area contributed by atoms with E-state index < -0.39 is 0 Å². The van der Waals surface area contributed by atoms with Gasteiger partial charge in [-0.25, -0.2) is 4.98 Å². The monoisotopic (exact) mass is 950 g/mol. The zero-order valence-corrected chi connectivity index (χ0v) is 44.4. The quantitative estimate of drug-likeness (QED) is 0.178. The highest BCUT2D eigenvalue weighted by Crippen LogP contribution is 2.57. The molecule has 14 rings (SSSR count). The first kappa shape index (κ1) is 44.1. The lowest BCUT2D eigenvalue weighted by atomic mass is 9.59.